The minimum absolute atomic E-state index is 0.0491. The SMILES string of the molecule is O=C1CCCc2ccccc2N1OCCc1ccccc1. The summed E-state index contributed by atoms with van der Waals surface area (Å²) in [5.74, 6) is 0.0491. The minimum Gasteiger partial charge on any atom is -0.272 e. The van der Waals surface area contributed by atoms with Crippen LogP contribution in [0.5, 0.6) is 0 Å². The maximum Gasteiger partial charge on any atom is 0.250 e. The predicted molar refractivity (Wildman–Crippen MR) is 83.0 cm³/mol. The van der Waals surface area contributed by atoms with Gasteiger partial charge in [0.15, 0.2) is 0 Å². The molecule has 0 spiro atoms. The van der Waals surface area contributed by atoms with Crippen molar-refractivity contribution in [1.29, 1.82) is 0 Å². The van der Waals surface area contributed by atoms with Crippen molar-refractivity contribution in [3.05, 3.63) is 65.7 Å². The van der Waals surface area contributed by atoms with Crippen molar-refractivity contribution in [2.75, 3.05) is 11.7 Å². The summed E-state index contributed by atoms with van der Waals surface area (Å²) < 4.78 is 0. The summed E-state index contributed by atoms with van der Waals surface area (Å²) in [5, 5.41) is 1.49. The lowest BCUT2D eigenvalue weighted by atomic mass is 10.1. The highest BCUT2D eigenvalue weighted by Gasteiger charge is 2.22. The predicted octanol–water partition coefficient (Wildman–Crippen LogP) is 3.53. The number of aryl methyl sites for hydroxylation is 1. The van der Waals surface area contributed by atoms with Crippen molar-refractivity contribution in [3.63, 3.8) is 0 Å². The molecule has 0 saturated heterocycles. The van der Waals surface area contributed by atoms with Crippen LogP contribution in [0.25, 0.3) is 0 Å². The van der Waals surface area contributed by atoms with Crippen molar-refractivity contribution in [2.45, 2.75) is 25.7 Å². The van der Waals surface area contributed by atoms with E-state index in [0.29, 0.717) is 13.0 Å². The van der Waals surface area contributed by atoms with Crippen LogP contribution in [0.1, 0.15) is 24.0 Å². The lowest BCUT2D eigenvalue weighted by molar-refractivity contribution is -0.125. The molecule has 108 valence electrons. The maximum absolute atomic E-state index is 12.2. The van der Waals surface area contributed by atoms with Gasteiger partial charge < -0.3 is 0 Å². The van der Waals surface area contributed by atoms with Crippen LogP contribution in [0.2, 0.25) is 0 Å². The van der Waals surface area contributed by atoms with Gasteiger partial charge in [0.05, 0.1) is 12.3 Å². The molecule has 0 bridgehead atoms. The Morgan fingerprint density at radius 3 is 2.57 bits per heavy atom. The maximum atomic E-state index is 12.2. The van der Waals surface area contributed by atoms with Crippen LogP contribution in [-0.2, 0) is 22.5 Å². The van der Waals surface area contributed by atoms with Gasteiger partial charge in [-0.3, -0.25) is 9.63 Å². The van der Waals surface area contributed by atoms with E-state index in [1.54, 1.807) is 0 Å². The molecule has 2 aromatic rings. The molecule has 1 aliphatic heterocycles. The van der Waals surface area contributed by atoms with Crippen LogP contribution in [0, 0.1) is 0 Å². The van der Waals surface area contributed by atoms with Gasteiger partial charge in [-0.2, -0.15) is 5.06 Å². The van der Waals surface area contributed by atoms with Crippen LogP contribution < -0.4 is 5.06 Å². The Hall–Kier alpha value is -2.13. The summed E-state index contributed by atoms with van der Waals surface area (Å²) in [6.07, 6.45) is 3.15. The van der Waals surface area contributed by atoms with E-state index in [1.165, 1.54) is 16.2 Å². The van der Waals surface area contributed by atoms with E-state index < -0.39 is 0 Å². The zero-order valence-corrected chi connectivity index (χ0v) is 12.0. The van der Waals surface area contributed by atoms with Gasteiger partial charge in [-0.1, -0.05) is 48.5 Å². The number of anilines is 1. The quantitative estimate of drug-likeness (QED) is 0.858. The van der Waals surface area contributed by atoms with Crippen LogP contribution >= 0.6 is 0 Å². The number of hydroxylamine groups is 1. The molecule has 0 radical (unpaired) electrons. The summed E-state index contributed by atoms with van der Waals surface area (Å²) in [6.45, 7) is 0.504. The highest BCUT2D eigenvalue weighted by atomic mass is 16.7. The molecule has 0 aromatic heterocycles. The van der Waals surface area contributed by atoms with E-state index in [0.717, 1.165) is 24.9 Å². The number of rotatable bonds is 4. The largest absolute Gasteiger partial charge is 0.272 e. The van der Waals surface area contributed by atoms with E-state index in [-0.39, 0.29) is 5.91 Å². The number of carbonyl (C=O) groups is 1. The standard InChI is InChI=1S/C18H19NO2/c20-18-12-6-10-16-9-4-5-11-17(16)19(18)21-14-13-15-7-2-1-3-8-15/h1-5,7-9,11H,6,10,12-14H2. The van der Waals surface area contributed by atoms with Crippen molar-refractivity contribution in [1.82, 2.24) is 0 Å². The number of hydrogen-bond donors (Lipinski definition) is 0. The van der Waals surface area contributed by atoms with Crippen LogP contribution in [0.15, 0.2) is 54.6 Å². The Morgan fingerprint density at radius 2 is 1.71 bits per heavy atom. The molecule has 1 heterocycles. The second-order valence-electron chi connectivity index (χ2n) is 5.24. The molecule has 0 fully saturated rings. The molecule has 2 aromatic carbocycles. The first-order chi connectivity index (χ1) is 10.3. The summed E-state index contributed by atoms with van der Waals surface area (Å²) in [4.78, 5) is 18.0. The van der Waals surface area contributed by atoms with Crippen molar-refractivity contribution >= 4 is 11.6 Å². The van der Waals surface area contributed by atoms with E-state index in [4.69, 9.17) is 4.84 Å². The van der Waals surface area contributed by atoms with E-state index >= 15 is 0 Å². The van der Waals surface area contributed by atoms with Crippen molar-refractivity contribution in [3.8, 4) is 0 Å². The highest BCUT2D eigenvalue weighted by molar-refractivity contribution is 5.92. The van der Waals surface area contributed by atoms with Gasteiger partial charge in [-0.25, -0.2) is 0 Å². The second kappa shape index (κ2) is 6.55. The van der Waals surface area contributed by atoms with Gasteiger partial charge in [-0.05, 0) is 36.5 Å². The van der Waals surface area contributed by atoms with E-state index in [2.05, 4.69) is 18.2 Å². The highest BCUT2D eigenvalue weighted by Crippen LogP contribution is 2.27. The van der Waals surface area contributed by atoms with Gasteiger partial charge >= 0.3 is 0 Å². The zero-order chi connectivity index (χ0) is 14.5. The van der Waals surface area contributed by atoms with Crippen LogP contribution in [-0.4, -0.2) is 12.5 Å². The summed E-state index contributed by atoms with van der Waals surface area (Å²) in [5.41, 5.74) is 3.30. The number of para-hydroxylation sites is 1. The third kappa shape index (κ3) is 3.31. The molecular formula is C18H19NO2. The number of amides is 1. The molecule has 0 aliphatic carbocycles. The van der Waals surface area contributed by atoms with Crippen LogP contribution in [0.3, 0.4) is 0 Å². The minimum atomic E-state index is 0.0491. The van der Waals surface area contributed by atoms with Gasteiger partial charge in [0.1, 0.15) is 0 Å². The summed E-state index contributed by atoms with van der Waals surface area (Å²) >= 11 is 0. The normalized spacial score (nSPS) is 14.7. The van der Waals surface area contributed by atoms with E-state index in [1.807, 2.05) is 36.4 Å². The molecule has 0 N–H and O–H groups in total. The molecule has 0 saturated carbocycles. The Kier molecular flexibility index (Phi) is 4.31. The van der Waals surface area contributed by atoms with Gasteiger partial charge in [-0.15, -0.1) is 0 Å². The zero-order valence-electron chi connectivity index (χ0n) is 12.0. The summed E-state index contributed by atoms with van der Waals surface area (Å²) in [6, 6.07) is 18.2. The van der Waals surface area contributed by atoms with Crippen molar-refractivity contribution < 1.29 is 9.63 Å². The number of hydrogen-bond acceptors (Lipinski definition) is 2. The third-order valence-electron chi connectivity index (χ3n) is 3.73. The number of benzene rings is 2. The monoisotopic (exact) mass is 281 g/mol. The van der Waals surface area contributed by atoms with Gasteiger partial charge in [0.2, 0.25) is 0 Å². The number of fused-ring (bicyclic) bond motifs is 1. The summed E-state index contributed by atoms with van der Waals surface area (Å²) in [7, 11) is 0. The molecule has 21 heavy (non-hydrogen) atoms. The molecule has 0 atom stereocenters. The topological polar surface area (TPSA) is 29.5 Å². The van der Waals surface area contributed by atoms with Gasteiger partial charge in [0, 0.05) is 6.42 Å². The first-order valence-corrected chi connectivity index (χ1v) is 7.42. The smallest absolute Gasteiger partial charge is 0.250 e. The van der Waals surface area contributed by atoms with Gasteiger partial charge in [0.25, 0.3) is 5.91 Å². The third-order valence-corrected chi connectivity index (χ3v) is 3.73. The number of nitrogens with zero attached hydrogens (tertiary/aromatic N) is 1. The molecule has 3 rings (SSSR count). The average Bonchev–Trinajstić information content (AvgIpc) is 2.68. The molecule has 3 heteroatoms. The number of carbonyl (C=O) groups excluding carboxylic acids is 1. The van der Waals surface area contributed by atoms with Crippen LogP contribution in [0.4, 0.5) is 5.69 Å². The molecule has 1 aliphatic rings. The average molecular weight is 281 g/mol. The molecule has 0 unspecified atom stereocenters. The van der Waals surface area contributed by atoms with E-state index in [9.17, 15) is 4.79 Å². The lowest BCUT2D eigenvalue weighted by Crippen LogP contribution is -2.31. The van der Waals surface area contributed by atoms with Crippen molar-refractivity contribution in [2.24, 2.45) is 0 Å². The molecule has 3 nitrogen and oxygen atoms in total. The molecule has 1 amide bonds. The molecular weight excluding hydrogens is 262 g/mol. The Labute approximate surface area is 125 Å². The Balaban J connectivity index is 1.70. The first-order valence-electron chi connectivity index (χ1n) is 7.42. The Bertz CT molecular complexity index is 610. The Morgan fingerprint density at radius 1 is 0.952 bits per heavy atom. The fraction of sp³-hybridized carbons (Fsp3) is 0.278. The fourth-order valence-electron chi connectivity index (χ4n) is 2.63. The fourth-order valence-corrected chi connectivity index (χ4v) is 2.63. The lowest BCUT2D eigenvalue weighted by Gasteiger charge is -2.22. The second-order valence-corrected chi connectivity index (χ2v) is 5.24. The first kappa shape index (κ1) is 13.8.